The molecule has 82 valence electrons. The van der Waals surface area contributed by atoms with Crippen molar-refractivity contribution in [3.8, 4) is 5.69 Å². The van der Waals surface area contributed by atoms with E-state index in [1.807, 2.05) is 13.8 Å². The Balaban J connectivity index is 2.42. The van der Waals surface area contributed by atoms with E-state index in [1.54, 1.807) is 28.9 Å². The van der Waals surface area contributed by atoms with Gasteiger partial charge in [0.05, 0.1) is 11.3 Å². The van der Waals surface area contributed by atoms with E-state index in [1.165, 1.54) is 0 Å². The first kappa shape index (κ1) is 10.4. The van der Waals surface area contributed by atoms with Gasteiger partial charge >= 0.3 is 5.97 Å². The third kappa shape index (κ3) is 1.79. The summed E-state index contributed by atoms with van der Waals surface area (Å²) in [5.74, 6) is 0.540. The van der Waals surface area contributed by atoms with Gasteiger partial charge in [0.25, 0.3) is 0 Å². The first-order chi connectivity index (χ1) is 7.58. The fraction of sp³-hybridized carbons (Fsp3) is 0.182. The van der Waals surface area contributed by atoms with Gasteiger partial charge in [-0.05, 0) is 38.1 Å². The minimum absolute atomic E-state index is 0.262. The van der Waals surface area contributed by atoms with Crippen molar-refractivity contribution in [2.45, 2.75) is 13.8 Å². The van der Waals surface area contributed by atoms with Crippen LogP contribution in [0.25, 0.3) is 5.69 Å². The fourth-order valence-corrected chi connectivity index (χ4v) is 1.51. The van der Waals surface area contributed by atoms with Gasteiger partial charge in [0.2, 0.25) is 0 Å². The highest BCUT2D eigenvalue weighted by Crippen LogP contribution is 2.11. The van der Waals surface area contributed by atoms with E-state index in [0.29, 0.717) is 5.82 Å². The van der Waals surface area contributed by atoms with Crippen LogP contribution in [-0.4, -0.2) is 25.8 Å². The predicted molar refractivity (Wildman–Crippen MR) is 57.8 cm³/mol. The lowest BCUT2D eigenvalue weighted by atomic mass is 10.2. The molecule has 5 nitrogen and oxygen atoms in total. The average molecular weight is 217 g/mol. The van der Waals surface area contributed by atoms with Gasteiger partial charge in [-0.25, -0.2) is 14.5 Å². The van der Waals surface area contributed by atoms with Gasteiger partial charge in [-0.2, -0.15) is 5.10 Å². The van der Waals surface area contributed by atoms with Crippen molar-refractivity contribution < 1.29 is 9.90 Å². The van der Waals surface area contributed by atoms with Crippen molar-refractivity contribution in [3.63, 3.8) is 0 Å². The molecule has 0 saturated carbocycles. The third-order valence-corrected chi connectivity index (χ3v) is 2.23. The molecular formula is C11H11N3O2. The standard InChI is InChI=1S/C11H11N3O2/c1-7-12-8(2)14(13-7)10-5-3-9(4-6-10)11(15)16/h3-6H,1-2H3,(H,15,16). The number of aryl methyl sites for hydroxylation is 2. The van der Waals surface area contributed by atoms with Crippen molar-refractivity contribution in [2.75, 3.05) is 0 Å². The number of carboxylic acids is 1. The van der Waals surface area contributed by atoms with E-state index in [2.05, 4.69) is 10.1 Å². The highest BCUT2D eigenvalue weighted by atomic mass is 16.4. The zero-order valence-electron chi connectivity index (χ0n) is 9.01. The maximum atomic E-state index is 10.7. The second kappa shape index (κ2) is 3.77. The molecule has 0 unspecified atom stereocenters. The van der Waals surface area contributed by atoms with Crippen molar-refractivity contribution in [3.05, 3.63) is 41.5 Å². The molecule has 1 aromatic carbocycles. The number of aromatic nitrogens is 3. The van der Waals surface area contributed by atoms with E-state index < -0.39 is 5.97 Å². The van der Waals surface area contributed by atoms with Gasteiger partial charge < -0.3 is 5.11 Å². The zero-order valence-corrected chi connectivity index (χ0v) is 9.01. The van der Waals surface area contributed by atoms with Gasteiger partial charge in [-0.3, -0.25) is 0 Å². The van der Waals surface area contributed by atoms with Crippen molar-refractivity contribution in [2.24, 2.45) is 0 Å². The molecule has 1 aromatic heterocycles. The van der Waals surface area contributed by atoms with Crippen LogP contribution < -0.4 is 0 Å². The molecule has 0 saturated heterocycles. The molecule has 0 aliphatic heterocycles. The SMILES string of the molecule is Cc1nc(C)n(-c2ccc(C(=O)O)cc2)n1. The maximum absolute atomic E-state index is 10.7. The minimum Gasteiger partial charge on any atom is -0.478 e. The summed E-state index contributed by atoms with van der Waals surface area (Å²) in [6, 6.07) is 6.53. The zero-order chi connectivity index (χ0) is 11.7. The number of carboxylic acid groups (broad SMARTS) is 1. The summed E-state index contributed by atoms with van der Waals surface area (Å²) in [6.07, 6.45) is 0. The van der Waals surface area contributed by atoms with Crippen LogP contribution in [0.1, 0.15) is 22.0 Å². The molecule has 2 rings (SSSR count). The molecule has 0 spiro atoms. The first-order valence-electron chi connectivity index (χ1n) is 4.82. The predicted octanol–water partition coefficient (Wildman–Crippen LogP) is 1.58. The Kier molecular flexibility index (Phi) is 2.44. The minimum atomic E-state index is -0.932. The molecule has 0 aliphatic rings. The van der Waals surface area contributed by atoms with Gasteiger partial charge in [-0.1, -0.05) is 0 Å². The smallest absolute Gasteiger partial charge is 0.335 e. The molecule has 0 atom stereocenters. The van der Waals surface area contributed by atoms with Crippen LogP contribution in [0.3, 0.4) is 0 Å². The van der Waals surface area contributed by atoms with E-state index in [4.69, 9.17) is 5.11 Å². The maximum Gasteiger partial charge on any atom is 0.335 e. The molecule has 1 heterocycles. The van der Waals surface area contributed by atoms with E-state index in [-0.39, 0.29) is 5.56 Å². The number of nitrogens with zero attached hydrogens (tertiary/aromatic N) is 3. The topological polar surface area (TPSA) is 68.0 Å². The molecule has 0 radical (unpaired) electrons. The number of carbonyl (C=O) groups is 1. The molecule has 16 heavy (non-hydrogen) atoms. The Morgan fingerprint density at radius 2 is 1.88 bits per heavy atom. The summed E-state index contributed by atoms with van der Waals surface area (Å²) in [6.45, 7) is 3.67. The van der Waals surface area contributed by atoms with Crippen LogP contribution >= 0.6 is 0 Å². The summed E-state index contributed by atoms with van der Waals surface area (Å²) >= 11 is 0. The molecule has 0 aliphatic carbocycles. The van der Waals surface area contributed by atoms with Gasteiger partial charge in [0, 0.05) is 0 Å². The van der Waals surface area contributed by atoms with E-state index >= 15 is 0 Å². The van der Waals surface area contributed by atoms with Crippen LogP contribution in [0.2, 0.25) is 0 Å². The lowest BCUT2D eigenvalue weighted by Gasteiger charge is -2.02. The van der Waals surface area contributed by atoms with Crippen LogP contribution in [0.15, 0.2) is 24.3 Å². The summed E-state index contributed by atoms with van der Waals surface area (Å²) in [5.41, 5.74) is 1.07. The Hall–Kier alpha value is -2.17. The average Bonchev–Trinajstić information content (AvgIpc) is 2.58. The highest BCUT2D eigenvalue weighted by molar-refractivity contribution is 5.87. The van der Waals surface area contributed by atoms with E-state index in [0.717, 1.165) is 11.5 Å². The van der Waals surface area contributed by atoms with Crippen LogP contribution in [0.4, 0.5) is 0 Å². The van der Waals surface area contributed by atoms with Crippen LogP contribution in [0.5, 0.6) is 0 Å². The molecule has 2 aromatic rings. The molecular weight excluding hydrogens is 206 g/mol. The number of rotatable bonds is 2. The second-order valence-electron chi connectivity index (χ2n) is 3.47. The highest BCUT2D eigenvalue weighted by Gasteiger charge is 2.06. The summed E-state index contributed by atoms with van der Waals surface area (Å²) in [7, 11) is 0. The summed E-state index contributed by atoms with van der Waals surface area (Å²) < 4.78 is 1.68. The molecule has 0 fully saturated rings. The monoisotopic (exact) mass is 217 g/mol. The van der Waals surface area contributed by atoms with Crippen molar-refractivity contribution in [1.29, 1.82) is 0 Å². The largest absolute Gasteiger partial charge is 0.478 e. The van der Waals surface area contributed by atoms with Crippen molar-refractivity contribution in [1.82, 2.24) is 14.8 Å². The Bertz CT molecular complexity index is 529. The summed E-state index contributed by atoms with van der Waals surface area (Å²) in [4.78, 5) is 14.9. The number of aromatic carboxylic acids is 1. The second-order valence-corrected chi connectivity index (χ2v) is 3.47. The fourth-order valence-electron chi connectivity index (χ4n) is 1.51. The third-order valence-electron chi connectivity index (χ3n) is 2.23. The number of benzene rings is 1. The Morgan fingerprint density at radius 1 is 1.25 bits per heavy atom. The summed E-state index contributed by atoms with van der Waals surface area (Å²) in [5, 5.41) is 13.0. The lowest BCUT2D eigenvalue weighted by Crippen LogP contribution is -2.01. The number of hydrogen-bond donors (Lipinski definition) is 1. The van der Waals surface area contributed by atoms with Gasteiger partial charge in [0.15, 0.2) is 0 Å². The van der Waals surface area contributed by atoms with Crippen molar-refractivity contribution >= 4 is 5.97 Å². The molecule has 5 heteroatoms. The quantitative estimate of drug-likeness (QED) is 0.829. The van der Waals surface area contributed by atoms with Gasteiger partial charge in [0.1, 0.15) is 11.6 Å². The molecule has 0 amide bonds. The Morgan fingerprint density at radius 3 is 2.31 bits per heavy atom. The number of hydrogen-bond acceptors (Lipinski definition) is 3. The van der Waals surface area contributed by atoms with E-state index in [9.17, 15) is 4.79 Å². The Labute approximate surface area is 92.4 Å². The molecule has 1 N–H and O–H groups in total. The lowest BCUT2D eigenvalue weighted by molar-refractivity contribution is 0.0697. The van der Waals surface area contributed by atoms with Crippen LogP contribution in [-0.2, 0) is 0 Å². The normalized spacial score (nSPS) is 10.4. The molecule has 0 bridgehead atoms. The first-order valence-corrected chi connectivity index (χ1v) is 4.82. The van der Waals surface area contributed by atoms with Crippen LogP contribution in [0, 0.1) is 13.8 Å². The van der Waals surface area contributed by atoms with Gasteiger partial charge in [-0.15, -0.1) is 0 Å².